The van der Waals surface area contributed by atoms with Crippen LogP contribution in [-0.2, 0) is 15.7 Å². The zero-order valence-corrected chi connectivity index (χ0v) is 14.8. The van der Waals surface area contributed by atoms with Crippen molar-refractivity contribution in [1.29, 1.82) is 0 Å². The van der Waals surface area contributed by atoms with Crippen molar-refractivity contribution >= 4 is 6.47 Å². The quantitative estimate of drug-likeness (QED) is 0.817. The molecule has 27 heavy (non-hydrogen) atoms. The van der Waals surface area contributed by atoms with E-state index >= 15 is 0 Å². The van der Waals surface area contributed by atoms with Gasteiger partial charge in [0.25, 0.3) is 6.47 Å². The summed E-state index contributed by atoms with van der Waals surface area (Å²) in [6.07, 6.45) is -3.16. The molecule has 2 aromatic rings. The van der Waals surface area contributed by atoms with Crippen LogP contribution in [0.15, 0.2) is 42.6 Å². The first-order chi connectivity index (χ1) is 12.9. The third-order valence-corrected chi connectivity index (χ3v) is 4.37. The molecule has 2 heterocycles. The Balaban J connectivity index is 0.000000817. The predicted molar refractivity (Wildman–Crippen MR) is 94.2 cm³/mol. The second kappa shape index (κ2) is 9.48. The lowest BCUT2D eigenvalue weighted by atomic mass is 10.0. The van der Waals surface area contributed by atoms with Crippen molar-refractivity contribution in [3.8, 4) is 11.3 Å². The number of pyridine rings is 1. The summed E-state index contributed by atoms with van der Waals surface area (Å²) in [5.74, 6) is 0. The number of halogens is 3. The van der Waals surface area contributed by atoms with Gasteiger partial charge in [-0.3, -0.25) is 14.7 Å². The first kappa shape index (κ1) is 20.9. The van der Waals surface area contributed by atoms with Crippen LogP contribution in [0, 0.1) is 0 Å². The van der Waals surface area contributed by atoms with Crippen molar-refractivity contribution in [1.82, 2.24) is 9.88 Å². The van der Waals surface area contributed by atoms with Crippen LogP contribution in [0.5, 0.6) is 0 Å². The van der Waals surface area contributed by atoms with Crippen molar-refractivity contribution < 1.29 is 27.8 Å². The second-order valence-electron chi connectivity index (χ2n) is 5.98. The van der Waals surface area contributed by atoms with E-state index in [4.69, 9.17) is 14.6 Å². The molecule has 0 amide bonds. The van der Waals surface area contributed by atoms with Gasteiger partial charge in [0.15, 0.2) is 0 Å². The fraction of sp³-hybridized carbons (Fsp3) is 0.368. The van der Waals surface area contributed by atoms with Crippen molar-refractivity contribution in [3.05, 3.63) is 53.7 Å². The van der Waals surface area contributed by atoms with Crippen molar-refractivity contribution in [2.24, 2.45) is 0 Å². The minimum Gasteiger partial charge on any atom is -0.483 e. The molecule has 1 N–H and O–H groups in total. The van der Waals surface area contributed by atoms with Crippen LogP contribution in [-0.4, -0.2) is 47.8 Å². The normalized spacial score (nSPS) is 16.1. The highest BCUT2D eigenvalue weighted by Crippen LogP contribution is 2.31. The molecule has 8 heteroatoms. The Labute approximate surface area is 155 Å². The third-order valence-electron chi connectivity index (χ3n) is 4.37. The van der Waals surface area contributed by atoms with E-state index in [-0.39, 0.29) is 12.5 Å². The van der Waals surface area contributed by atoms with Gasteiger partial charge >= 0.3 is 6.18 Å². The summed E-state index contributed by atoms with van der Waals surface area (Å²) in [5.41, 5.74) is 1.46. The molecule has 0 saturated carbocycles. The summed E-state index contributed by atoms with van der Waals surface area (Å²) in [7, 11) is 0. The zero-order valence-electron chi connectivity index (χ0n) is 14.8. The van der Waals surface area contributed by atoms with Crippen LogP contribution < -0.4 is 0 Å². The van der Waals surface area contributed by atoms with E-state index < -0.39 is 11.7 Å². The van der Waals surface area contributed by atoms with Gasteiger partial charge in [-0.15, -0.1) is 0 Å². The highest BCUT2D eigenvalue weighted by molar-refractivity contribution is 5.60. The number of nitrogens with zero attached hydrogens (tertiary/aromatic N) is 2. The molecule has 5 nitrogen and oxygen atoms in total. The van der Waals surface area contributed by atoms with Gasteiger partial charge in [-0.1, -0.05) is 24.3 Å². The number of hydrogen-bond donors (Lipinski definition) is 1. The maximum Gasteiger partial charge on any atom is 0.416 e. The minimum absolute atomic E-state index is 0.248. The monoisotopic (exact) mass is 382 g/mol. The number of alkyl halides is 3. The number of carboxylic acid groups (broad SMARTS) is 1. The Bertz CT molecular complexity index is 730. The molecule has 0 spiro atoms. The lowest BCUT2D eigenvalue weighted by molar-refractivity contribution is -0.137. The number of hydrogen-bond acceptors (Lipinski definition) is 4. The molecule has 0 radical (unpaired) electrons. The molecule has 146 valence electrons. The number of ether oxygens (including phenoxy) is 1. The average Bonchev–Trinajstić information content (AvgIpc) is 2.68. The number of benzene rings is 1. The largest absolute Gasteiger partial charge is 0.483 e. The fourth-order valence-electron chi connectivity index (χ4n) is 2.87. The zero-order chi connectivity index (χ0) is 19.9. The molecule has 1 unspecified atom stereocenters. The Morgan fingerprint density at radius 1 is 1.19 bits per heavy atom. The minimum atomic E-state index is -4.36. The van der Waals surface area contributed by atoms with E-state index in [0.29, 0.717) is 11.3 Å². The average molecular weight is 382 g/mol. The molecule has 1 atom stereocenters. The standard InChI is InChI=1S/C18H19F3N2O.CH2O2/c1-13(23-8-10-24-11-9-23)14-2-4-15(5-3-14)17-12-16(6-7-22-17)18(19,20)21;2-1-3/h2-7,12-13H,8-11H2,1H3;1H,(H,2,3). The second-order valence-corrected chi connectivity index (χ2v) is 5.98. The van der Waals surface area contributed by atoms with E-state index in [1.54, 1.807) is 0 Å². The van der Waals surface area contributed by atoms with Crippen molar-refractivity contribution in [2.45, 2.75) is 19.1 Å². The van der Waals surface area contributed by atoms with Crippen LogP contribution in [0.1, 0.15) is 24.1 Å². The van der Waals surface area contributed by atoms with Crippen molar-refractivity contribution in [2.75, 3.05) is 26.3 Å². The number of carbonyl (C=O) groups is 1. The van der Waals surface area contributed by atoms with Crippen LogP contribution in [0.2, 0.25) is 0 Å². The lowest BCUT2D eigenvalue weighted by Crippen LogP contribution is -2.37. The van der Waals surface area contributed by atoms with Gasteiger partial charge in [0, 0.05) is 30.9 Å². The van der Waals surface area contributed by atoms with E-state index in [0.717, 1.165) is 44.0 Å². The highest BCUT2D eigenvalue weighted by Gasteiger charge is 2.30. The Hall–Kier alpha value is -2.45. The smallest absolute Gasteiger partial charge is 0.416 e. The van der Waals surface area contributed by atoms with Crippen molar-refractivity contribution in [3.63, 3.8) is 0 Å². The van der Waals surface area contributed by atoms with Gasteiger partial charge in [-0.2, -0.15) is 13.2 Å². The number of aromatic nitrogens is 1. The molecular weight excluding hydrogens is 361 g/mol. The molecule has 3 rings (SSSR count). The molecule has 0 bridgehead atoms. The molecule has 1 aliphatic rings. The van der Waals surface area contributed by atoms with Gasteiger partial charge in [0.05, 0.1) is 24.5 Å². The summed E-state index contributed by atoms with van der Waals surface area (Å²) in [6, 6.07) is 9.88. The number of rotatable bonds is 3. The summed E-state index contributed by atoms with van der Waals surface area (Å²) in [6.45, 7) is 5.12. The summed E-state index contributed by atoms with van der Waals surface area (Å²) in [5, 5.41) is 6.89. The van der Waals surface area contributed by atoms with Crippen LogP contribution in [0.25, 0.3) is 11.3 Å². The van der Waals surface area contributed by atoms with Gasteiger partial charge in [-0.25, -0.2) is 0 Å². The lowest BCUT2D eigenvalue weighted by Gasteiger charge is -2.32. The highest BCUT2D eigenvalue weighted by atomic mass is 19.4. The Morgan fingerprint density at radius 2 is 1.78 bits per heavy atom. The van der Waals surface area contributed by atoms with E-state index in [9.17, 15) is 13.2 Å². The summed E-state index contributed by atoms with van der Waals surface area (Å²) in [4.78, 5) is 14.8. The maximum atomic E-state index is 12.8. The molecule has 0 aliphatic carbocycles. The van der Waals surface area contributed by atoms with Gasteiger partial charge in [0.2, 0.25) is 0 Å². The van der Waals surface area contributed by atoms with Crippen LogP contribution in [0.3, 0.4) is 0 Å². The third kappa shape index (κ3) is 5.77. The summed E-state index contributed by atoms with van der Waals surface area (Å²) < 4.78 is 43.8. The molecule has 1 aromatic heterocycles. The maximum absolute atomic E-state index is 12.8. The predicted octanol–water partition coefficient (Wildman–Crippen LogP) is 3.86. The summed E-state index contributed by atoms with van der Waals surface area (Å²) >= 11 is 0. The molecule has 1 fully saturated rings. The number of morpholine rings is 1. The Kier molecular flexibility index (Phi) is 7.32. The first-order valence-corrected chi connectivity index (χ1v) is 8.40. The van der Waals surface area contributed by atoms with Gasteiger partial charge < -0.3 is 9.84 Å². The molecular formula is C19H21F3N2O3. The van der Waals surface area contributed by atoms with E-state index in [2.05, 4.69) is 16.8 Å². The van der Waals surface area contributed by atoms with E-state index in [1.165, 1.54) is 6.20 Å². The SMILES string of the molecule is CC(c1ccc(-c2cc(C(F)(F)F)ccn2)cc1)N1CCOCC1.O=CO. The van der Waals surface area contributed by atoms with Gasteiger partial charge in [-0.05, 0) is 24.6 Å². The fourth-order valence-corrected chi connectivity index (χ4v) is 2.87. The first-order valence-electron chi connectivity index (χ1n) is 8.40. The van der Waals surface area contributed by atoms with Gasteiger partial charge in [0.1, 0.15) is 0 Å². The van der Waals surface area contributed by atoms with Crippen LogP contribution >= 0.6 is 0 Å². The molecule has 1 saturated heterocycles. The topological polar surface area (TPSA) is 62.7 Å². The molecule has 1 aromatic carbocycles. The van der Waals surface area contributed by atoms with E-state index in [1.807, 2.05) is 24.3 Å². The Morgan fingerprint density at radius 3 is 2.33 bits per heavy atom. The van der Waals surface area contributed by atoms with Crippen LogP contribution in [0.4, 0.5) is 13.2 Å². The molecule has 1 aliphatic heterocycles.